The molecule has 1 N–H and O–H groups in total. The normalized spacial score (nSPS) is 14.2. The molecule has 3 aromatic rings. The molecule has 0 bridgehead atoms. The van der Waals surface area contributed by atoms with Crippen molar-refractivity contribution in [2.75, 3.05) is 26.3 Å². The molecule has 2 aromatic carbocycles. The van der Waals surface area contributed by atoms with Gasteiger partial charge in [-0.3, -0.25) is 25.0 Å². The summed E-state index contributed by atoms with van der Waals surface area (Å²) in [5.74, 6) is -0.00449. The summed E-state index contributed by atoms with van der Waals surface area (Å²) in [6, 6.07) is 11.4. The minimum Gasteiger partial charge on any atom is -0.378 e. The van der Waals surface area contributed by atoms with Gasteiger partial charge in [-0.1, -0.05) is 24.3 Å². The van der Waals surface area contributed by atoms with Crippen LogP contribution in [0.25, 0.3) is 0 Å². The van der Waals surface area contributed by atoms with E-state index in [1.54, 1.807) is 11.1 Å². The second-order valence-electron chi connectivity index (χ2n) is 7.20. The zero-order chi connectivity index (χ0) is 22.7. The molecule has 0 atom stereocenters. The highest BCUT2D eigenvalue weighted by atomic mass is 16.6. The van der Waals surface area contributed by atoms with Crippen LogP contribution in [-0.4, -0.2) is 56.9 Å². The van der Waals surface area contributed by atoms with Gasteiger partial charge in [0, 0.05) is 49.7 Å². The summed E-state index contributed by atoms with van der Waals surface area (Å²) < 4.78 is 5.38. The number of hydrogen-bond donors (Lipinski definition) is 1. The van der Waals surface area contributed by atoms with Crippen molar-refractivity contribution in [2.24, 2.45) is 0 Å². The number of aromatic nitrogens is 2. The van der Waals surface area contributed by atoms with E-state index < -0.39 is 15.3 Å². The number of nitro groups is 2. The van der Waals surface area contributed by atoms with Gasteiger partial charge in [-0.15, -0.1) is 0 Å². The summed E-state index contributed by atoms with van der Waals surface area (Å²) in [6.07, 6.45) is 3.08. The highest BCUT2D eigenvalue weighted by molar-refractivity contribution is 5.95. The Bertz CT molecular complexity index is 1070. The van der Waals surface area contributed by atoms with Crippen LogP contribution in [0.5, 0.6) is 0 Å². The number of nitrogens with zero attached hydrogens (tertiary/aromatic N) is 4. The number of hydrogen-bond acceptors (Lipinski definition) is 7. The molecule has 1 aromatic heterocycles. The van der Waals surface area contributed by atoms with E-state index in [1.807, 2.05) is 0 Å². The van der Waals surface area contributed by atoms with E-state index in [1.165, 1.54) is 54.7 Å². The van der Waals surface area contributed by atoms with Crippen LogP contribution in [0.3, 0.4) is 0 Å². The van der Waals surface area contributed by atoms with Crippen molar-refractivity contribution >= 4 is 17.3 Å². The molecule has 0 unspecified atom stereocenters. The first kappa shape index (κ1) is 21.1. The Morgan fingerprint density at radius 1 is 0.938 bits per heavy atom. The van der Waals surface area contributed by atoms with Gasteiger partial charge in [-0.25, -0.2) is 4.98 Å². The van der Waals surface area contributed by atoms with Crippen molar-refractivity contribution in [3.8, 4) is 0 Å². The third kappa shape index (κ3) is 3.58. The molecule has 1 amide bonds. The number of imidazole rings is 1. The summed E-state index contributed by atoms with van der Waals surface area (Å²) >= 11 is 0. The average molecular weight is 437 g/mol. The van der Waals surface area contributed by atoms with Crippen molar-refractivity contribution in [3.63, 3.8) is 0 Å². The molecule has 2 heterocycles. The molecule has 1 aliphatic rings. The van der Waals surface area contributed by atoms with Gasteiger partial charge in [0.05, 0.1) is 23.1 Å². The Hall–Kier alpha value is -4.12. The third-order valence-corrected chi connectivity index (χ3v) is 5.49. The van der Waals surface area contributed by atoms with Crippen LogP contribution < -0.4 is 0 Å². The first-order valence-corrected chi connectivity index (χ1v) is 9.81. The number of rotatable bonds is 6. The highest BCUT2D eigenvalue weighted by Crippen LogP contribution is 2.40. The molecule has 1 fully saturated rings. The number of morpholine rings is 1. The fourth-order valence-corrected chi connectivity index (χ4v) is 3.93. The van der Waals surface area contributed by atoms with Crippen LogP contribution in [0.15, 0.2) is 60.9 Å². The maximum absolute atomic E-state index is 14.1. The number of amides is 1. The second-order valence-corrected chi connectivity index (χ2v) is 7.20. The number of nitrogens with one attached hydrogen (secondary N) is 1. The number of aromatic amines is 1. The fourth-order valence-electron chi connectivity index (χ4n) is 3.93. The summed E-state index contributed by atoms with van der Waals surface area (Å²) in [5.41, 5.74) is -0.841. The number of ether oxygens (including phenoxy) is 1. The van der Waals surface area contributed by atoms with Gasteiger partial charge in [0.2, 0.25) is 5.91 Å². The van der Waals surface area contributed by atoms with E-state index in [2.05, 4.69) is 9.97 Å². The smallest absolute Gasteiger partial charge is 0.269 e. The summed E-state index contributed by atoms with van der Waals surface area (Å²) in [4.78, 5) is 44.4. The molecular formula is C21H19N5O6. The quantitative estimate of drug-likeness (QED) is 0.460. The number of benzene rings is 2. The van der Waals surface area contributed by atoms with Crippen molar-refractivity contribution in [2.45, 2.75) is 5.41 Å². The van der Waals surface area contributed by atoms with Crippen molar-refractivity contribution < 1.29 is 19.4 Å². The van der Waals surface area contributed by atoms with Gasteiger partial charge in [0.15, 0.2) is 5.41 Å². The standard InChI is InChI=1S/C21H19N5O6/c27-20(24-11-13-32-14-12-24)21(19-22-9-10-23-19,15-1-5-17(6-2-15)25(28)29)16-3-7-18(8-4-16)26(30)31/h1-10H,11-14H2,(H,22,23). The van der Waals surface area contributed by atoms with Crippen molar-refractivity contribution in [1.82, 2.24) is 14.9 Å². The van der Waals surface area contributed by atoms with Gasteiger partial charge in [-0.05, 0) is 11.1 Å². The molecule has 164 valence electrons. The third-order valence-electron chi connectivity index (χ3n) is 5.49. The van der Waals surface area contributed by atoms with Gasteiger partial charge < -0.3 is 14.6 Å². The van der Waals surface area contributed by atoms with Crippen LogP contribution in [-0.2, 0) is 14.9 Å². The number of non-ortho nitro benzene ring substituents is 2. The van der Waals surface area contributed by atoms with Crippen LogP contribution in [0.4, 0.5) is 11.4 Å². The van der Waals surface area contributed by atoms with E-state index >= 15 is 0 Å². The Balaban J connectivity index is 1.96. The van der Waals surface area contributed by atoms with E-state index in [-0.39, 0.29) is 17.3 Å². The molecule has 0 saturated carbocycles. The monoisotopic (exact) mass is 437 g/mol. The van der Waals surface area contributed by atoms with E-state index in [9.17, 15) is 25.0 Å². The maximum atomic E-state index is 14.1. The van der Waals surface area contributed by atoms with E-state index in [0.717, 1.165) is 0 Å². The maximum Gasteiger partial charge on any atom is 0.269 e. The lowest BCUT2D eigenvalue weighted by Crippen LogP contribution is -2.52. The van der Waals surface area contributed by atoms with Crippen molar-refractivity contribution in [3.05, 3.63) is 98.1 Å². The second kappa shape index (κ2) is 8.55. The Kier molecular flexibility index (Phi) is 5.65. The minimum atomic E-state index is -1.49. The molecule has 1 saturated heterocycles. The molecule has 32 heavy (non-hydrogen) atoms. The van der Waals surface area contributed by atoms with Crippen LogP contribution in [0.2, 0.25) is 0 Å². The van der Waals surface area contributed by atoms with Crippen molar-refractivity contribution in [1.29, 1.82) is 0 Å². The number of carbonyl (C=O) groups is 1. The summed E-state index contributed by atoms with van der Waals surface area (Å²) in [6.45, 7) is 1.48. The van der Waals surface area contributed by atoms with Crippen LogP contribution in [0, 0.1) is 20.2 Å². The van der Waals surface area contributed by atoms with E-state index in [0.29, 0.717) is 43.3 Å². The minimum absolute atomic E-state index is 0.121. The Morgan fingerprint density at radius 3 is 1.84 bits per heavy atom. The lowest BCUT2D eigenvalue weighted by molar-refractivity contribution is -0.385. The number of H-pyrrole nitrogens is 1. The first-order valence-electron chi connectivity index (χ1n) is 9.81. The van der Waals surface area contributed by atoms with Gasteiger partial charge in [0.1, 0.15) is 5.82 Å². The molecule has 0 radical (unpaired) electrons. The Labute approximate surface area is 181 Å². The predicted molar refractivity (Wildman–Crippen MR) is 112 cm³/mol. The predicted octanol–water partition coefficient (Wildman–Crippen LogP) is 2.42. The lowest BCUT2D eigenvalue weighted by Gasteiger charge is -2.38. The van der Waals surface area contributed by atoms with Gasteiger partial charge in [0.25, 0.3) is 11.4 Å². The SMILES string of the molecule is O=C(N1CCOCC1)C(c1ccc([N+](=O)[O-])cc1)(c1ccc([N+](=O)[O-])cc1)c1ncc[nH]1. The molecule has 4 rings (SSSR count). The Morgan fingerprint density at radius 2 is 1.44 bits per heavy atom. The largest absolute Gasteiger partial charge is 0.378 e. The molecule has 11 heteroatoms. The fraction of sp³-hybridized carbons (Fsp3) is 0.238. The first-order chi connectivity index (χ1) is 15.4. The number of carbonyl (C=O) groups excluding carboxylic acids is 1. The topological polar surface area (TPSA) is 145 Å². The lowest BCUT2D eigenvalue weighted by atomic mass is 9.72. The molecule has 11 nitrogen and oxygen atoms in total. The van der Waals surface area contributed by atoms with E-state index in [4.69, 9.17) is 4.74 Å². The molecule has 0 spiro atoms. The molecule has 0 aliphatic carbocycles. The van der Waals surface area contributed by atoms with Crippen LogP contribution >= 0.6 is 0 Å². The summed E-state index contributed by atoms with van der Waals surface area (Å²) in [5, 5.41) is 22.4. The molecular weight excluding hydrogens is 418 g/mol. The van der Waals surface area contributed by atoms with Gasteiger partial charge >= 0.3 is 0 Å². The van der Waals surface area contributed by atoms with Crippen LogP contribution in [0.1, 0.15) is 17.0 Å². The zero-order valence-corrected chi connectivity index (χ0v) is 16.8. The number of nitro benzene ring substituents is 2. The average Bonchev–Trinajstić information content (AvgIpc) is 3.36. The highest BCUT2D eigenvalue weighted by Gasteiger charge is 2.49. The zero-order valence-electron chi connectivity index (χ0n) is 16.8. The molecule has 1 aliphatic heterocycles. The van der Waals surface area contributed by atoms with Gasteiger partial charge in [-0.2, -0.15) is 0 Å². The summed E-state index contributed by atoms with van der Waals surface area (Å²) in [7, 11) is 0.